The number of anilines is 1. The lowest BCUT2D eigenvalue weighted by Crippen LogP contribution is -2.47. The van der Waals surface area contributed by atoms with Crippen LogP contribution in [0.1, 0.15) is 0 Å². The maximum absolute atomic E-state index is 4.72. The van der Waals surface area contributed by atoms with Gasteiger partial charge in [-0.1, -0.05) is 5.21 Å². The van der Waals surface area contributed by atoms with Crippen molar-refractivity contribution in [1.29, 1.82) is 0 Å². The molecule has 0 unspecified atom stereocenters. The van der Waals surface area contributed by atoms with Gasteiger partial charge in [0.2, 0.25) is 5.95 Å². The lowest BCUT2D eigenvalue weighted by atomic mass is 10.2. The molecule has 4 heterocycles. The van der Waals surface area contributed by atoms with E-state index in [1.807, 2.05) is 35.3 Å². The first-order valence-corrected chi connectivity index (χ1v) is 8.43. The summed E-state index contributed by atoms with van der Waals surface area (Å²) in [6.45, 7) is 5.70. The fraction of sp³-hybridized carbons (Fsp3) is 0.353. The van der Waals surface area contributed by atoms with Gasteiger partial charge in [-0.3, -0.25) is 14.6 Å². The lowest BCUT2D eigenvalue weighted by molar-refractivity contribution is 0.242. The Bertz CT molecular complexity index is 781. The van der Waals surface area contributed by atoms with Crippen molar-refractivity contribution in [3.05, 3.63) is 49.2 Å². The summed E-state index contributed by atoms with van der Waals surface area (Å²) < 4.78 is 1.87. The maximum atomic E-state index is 4.72. The Balaban J connectivity index is 1.36. The molecule has 3 aromatic heterocycles. The molecule has 1 fully saturated rings. The van der Waals surface area contributed by atoms with Crippen molar-refractivity contribution in [2.45, 2.75) is 6.54 Å². The molecule has 0 saturated carbocycles. The first-order valence-electron chi connectivity index (χ1n) is 8.43. The zero-order chi connectivity index (χ0) is 16.9. The number of nitrogens with zero attached hydrogens (tertiary/aromatic N) is 8. The average molecular weight is 336 g/mol. The van der Waals surface area contributed by atoms with Gasteiger partial charge in [-0.15, -0.1) is 5.10 Å². The molecule has 1 saturated heterocycles. The summed E-state index contributed by atoms with van der Waals surface area (Å²) in [5.41, 5.74) is 1.99. The molecule has 0 atom stereocenters. The summed E-state index contributed by atoms with van der Waals surface area (Å²) in [4.78, 5) is 17.9. The summed E-state index contributed by atoms with van der Waals surface area (Å²) in [6.07, 6.45) is 9.00. The molecule has 0 spiro atoms. The number of hydrogen-bond acceptors (Lipinski definition) is 7. The first-order chi connectivity index (χ1) is 12.4. The van der Waals surface area contributed by atoms with Crippen molar-refractivity contribution in [3.8, 4) is 11.3 Å². The minimum absolute atomic E-state index is 0.797. The SMILES string of the molecule is c1cc(-c2ccnc(N3CCN(CCn4ccnn4)CC3)n2)ccn1. The van der Waals surface area contributed by atoms with E-state index in [9.17, 15) is 0 Å². The second kappa shape index (κ2) is 7.35. The molecule has 0 aromatic carbocycles. The molecular formula is C17H20N8. The van der Waals surface area contributed by atoms with Gasteiger partial charge in [0.05, 0.1) is 18.4 Å². The Morgan fingerprint density at radius 2 is 1.72 bits per heavy atom. The van der Waals surface area contributed by atoms with Crippen LogP contribution in [0.2, 0.25) is 0 Å². The van der Waals surface area contributed by atoms with Crippen molar-refractivity contribution < 1.29 is 0 Å². The first kappa shape index (κ1) is 15.6. The van der Waals surface area contributed by atoms with Crippen molar-refractivity contribution in [2.24, 2.45) is 0 Å². The van der Waals surface area contributed by atoms with Gasteiger partial charge >= 0.3 is 0 Å². The molecule has 0 radical (unpaired) electrons. The third-order valence-electron chi connectivity index (χ3n) is 4.39. The zero-order valence-electron chi connectivity index (χ0n) is 13.9. The topological polar surface area (TPSA) is 75.9 Å². The predicted molar refractivity (Wildman–Crippen MR) is 93.9 cm³/mol. The highest BCUT2D eigenvalue weighted by Crippen LogP contribution is 2.18. The molecule has 0 aliphatic carbocycles. The van der Waals surface area contributed by atoms with Gasteiger partial charge in [0, 0.05) is 63.1 Å². The minimum Gasteiger partial charge on any atom is -0.338 e. The van der Waals surface area contributed by atoms with Crippen molar-refractivity contribution in [2.75, 3.05) is 37.6 Å². The van der Waals surface area contributed by atoms with E-state index in [-0.39, 0.29) is 0 Å². The molecule has 1 aliphatic rings. The zero-order valence-corrected chi connectivity index (χ0v) is 13.9. The van der Waals surface area contributed by atoms with E-state index in [4.69, 9.17) is 4.98 Å². The second-order valence-corrected chi connectivity index (χ2v) is 5.97. The van der Waals surface area contributed by atoms with Gasteiger partial charge < -0.3 is 4.90 Å². The van der Waals surface area contributed by atoms with Gasteiger partial charge in [0.15, 0.2) is 0 Å². The van der Waals surface area contributed by atoms with E-state index in [2.05, 4.69) is 30.1 Å². The van der Waals surface area contributed by atoms with Crippen LogP contribution in [0, 0.1) is 0 Å². The monoisotopic (exact) mass is 336 g/mol. The highest BCUT2D eigenvalue weighted by atomic mass is 15.4. The van der Waals surface area contributed by atoms with E-state index in [1.165, 1.54) is 0 Å². The molecular weight excluding hydrogens is 316 g/mol. The van der Waals surface area contributed by atoms with Crippen LogP contribution in [0.3, 0.4) is 0 Å². The summed E-state index contributed by atoms with van der Waals surface area (Å²) in [5, 5.41) is 7.84. The van der Waals surface area contributed by atoms with Crippen molar-refractivity contribution >= 4 is 5.95 Å². The number of aromatic nitrogens is 6. The average Bonchev–Trinajstić information content (AvgIpc) is 3.21. The van der Waals surface area contributed by atoms with Crippen LogP contribution in [-0.2, 0) is 6.54 Å². The van der Waals surface area contributed by atoms with Gasteiger partial charge in [-0.25, -0.2) is 9.97 Å². The fourth-order valence-electron chi connectivity index (χ4n) is 2.95. The molecule has 8 heteroatoms. The predicted octanol–water partition coefficient (Wildman–Crippen LogP) is 0.952. The van der Waals surface area contributed by atoms with Crippen LogP contribution < -0.4 is 4.90 Å². The lowest BCUT2D eigenvalue weighted by Gasteiger charge is -2.34. The summed E-state index contributed by atoms with van der Waals surface area (Å²) in [7, 11) is 0. The molecule has 3 aromatic rings. The number of rotatable bonds is 5. The highest BCUT2D eigenvalue weighted by molar-refractivity contribution is 5.59. The Labute approximate surface area is 146 Å². The summed E-state index contributed by atoms with van der Waals surface area (Å²) in [5.74, 6) is 0.797. The Morgan fingerprint density at radius 1 is 0.880 bits per heavy atom. The highest BCUT2D eigenvalue weighted by Gasteiger charge is 2.19. The largest absolute Gasteiger partial charge is 0.338 e. The fourth-order valence-corrected chi connectivity index (χ4v) is 2.95. The van der Waals surface area contributed by atoms with Crippen LogP contribution in [0.25, 0.3) is 11.3 Å². The van der Waals surface area contributed by atoms with E-state index in [0.717, 1.165) is 56.5 Å². The van der Waals surface area contributed by atoms with E-state index >= 15 is 0 Å². The third kappa shape index (κ3) is 3.80. The minimum atomic E-state index is 0.797. The molecule has 25 heavy (non-hydrogen) atoms. The molecule has 4 rings (SSSR count). The number of pyridine rings is 1. The van der Waals surface area contributed by atoms with E-state index < -0.39 is 0 Å². The molecule has 0 bridgehead atoms. The van der Waals surface area contributed by atoms with Gasteiger partial charge in [-0.2, -0.15) is 0 Å². The number of hydrogen-bond donors (Lipinski definition) is 0. The molecule has 0 amide bonds. The second-order valence-electron chi connectivity index (χ2n) is 5.97. The Kier molecular flexibility index (Phi) is 4.60. The van der Waals surface area contributed by atoms with Gasteiger partial charge in [0.25, 0.3) is 0 Å². The van der Waals surface area contributed by atoms with Gasteiger partial charge in [-0.05, 0) is 18.2 Å². The van der Waals surface area contributed by atoms with Crippen LogP contribution in [0.15, 0.2) is 49.2 Å². The third-order valence-corrected chi connectivity index (χ3v) is 4.39. The van der Waals surface area contributed by atoms with Crippen LogP contribution in [0.4, 0.5) is 5.95 Å². The summed E-state index contributed by atoms with van der Waals surface area (Å²) >= 11 is 0. The smallest absolute Gasteiger partial charge is 0.225 e. The normalized spacial score (nSPS) is 15.4. The quantitative estimate of drug-likeness (QED) is 0.686. The van der Waals surface area contributed by atoms with Crippen LogP contribution >= 0.6 is 0 Å². The van der Waals surface area contributed by atoms with Crippen LogP contribution in [0.5, 0.6) is 0 Å². The van der Waals surface area contributed by atoms with E-state index in [1.54, 1.807) is 18.6 Å². The van der Waals surface area contributed by atoms with Gasteiger partial charge in [0.1, 0.15) is 0 Å². The molecule has 1 aliphatic heterocycles. The number of piperazine rings is 1. The van der Waals surface area contributed by atoms with Crippen molar-refractivity contribution in [3.63, 3.8) is 0 Å². The molecule has 8 nitrogen and oxygen atoms in total. The molecule has 0 N–H and O–H groups in total. The Hall–Kier alpha value is -2.87. The Morgan fingerprint density at radius 3 is 2.48 bits per heavy atom. The molecule has 128 valence electrons. The maximum Gasteiger partial charge on any atom is 0.225 e. The van der Waals surface area contributed by atoms with Crippen molar-refractivity contribution in [1.82, 2.24) is 34.8 Å². The van der Waals surface area contributed by atoms with Crippen LogP contribution in [-0.4, -0.2) is 67.6 Å². The summed E-state index contributed by atoms with van der Waals surface area (Å²) in [6, 6.07) is 5.87. The standard InChI is InChI=1S/C17H20N8/c1-4-18-5-2-15(1)16-3-6-19-17(21-16)24-12-9-23(10-13-24)11-14-25-8-7-20-22-25/h1-8H,9-14H2. The van der Waals surface area contributed by atoms with E-state index in [0.29, 0.717) is 0 Å².